The van der Waals surface area contributed by atoms with Crippen molar-refractivity contribution in [2.24, 2.45) is 12.8 Å². The first kappa shape index (κ1) is 12.0. The molecule has 0 fully saturated rings. The molecule has 0 aromatic carbocycles. The lowest BCUT2D eigenvalue weighted by Gasteiger charge is -2.28. The van der Waals surface area contributed by atoms with Gasteiger partial charge >= 0.3 is 6.18 Å². The molecule has 1 aromatic rings. The molecule has 1 heterocycles. The summed E-state index contributed by atoms with van der Waals surface area (Å²) in [5.74, 6) is 0. The van der Waals surface area contributed by atoms with E-state index in [2.05, 4.69) is 5.10 Å². The van der Waals surface area contributed by atoms with Gasteiger partial charge in [0.2, 0.25) is 5.60 Å². The molecule has 3 N–H and O–H groups in total. The number of halogens is 3. The van der Waals surface area contributed by atoms with Gasteiger partial charge in [0.1, 0.15) is 0 Å². The molecule has 0 aliphatic carbocycles. The van der Waals surface area contributed by atoms with E-state index in [1.807, 2.05) is 0 Å². The average Bonchev–Trinajstić information content (AvgIpc) is 2.42. The van der Waals surface area contributed by atoms with Crippen molar-refractivity contribution in [3.05, 3.63) is 17.5 Å². The van der Waals surface area contributed by atoms with Gasteiger partial charge in [0, 0.05) is 13.6 Å². The van der Waals surface area contributed by atoms with Crippen LogP contribution in [0.4, 0.5) is 13.2 Å². The van der Waals surface area contributed by atoms with Crippen LogP contribution in [-0.4, -0.2) is 27.6 Å². The monoisotopic (exact) mass is 223 g/mol. The van der Waals surface area contributed by atoms with Crippen LogP contribution in [0.2, 0.25) is 0 Å². The van der Waals surface area contributed by atoms with Crippen LogP contribution in [0.1, 0.15) is 11.4 Å². The zero-order valence-electron chi connectivity index (χ0n) is 8.34. The van der Waals surface area contributed by atoms with Gasteiger partial charge in [-0.2, -0.15) is 18.3 Å². The number of hydrogen-bond acceptors (Lipinski definition) is 3. The van der Waals surface area contributed by atoms with E-state index < -0.39 is 18.3 Å². The molecule has 0 bridgehead atoms. The van der Waals surface area contributed by atoms with Crippen LogP contribution in [0, 0.1) is 6.92 Å². The molecule has 0 saturated carbocycles. The van der Waals surface area contributed by atoms with Crippen molar-refractivity contribution in [2.75, 3.05) is 6.54 Å². The molecule has 1 atom stereocenters. The van der Waals surface area contributed by atoms with Crippen LogP contribution in [0.5, 0.6) is 0 Å². The van der Waals surface area contributed by atoms with Gasteiger partial charge in [-0.3, -0.25) is 4.68 Å². The topological polar surface area (TPSA) is 64.1 Å². The van der Waals surface area contributed by atoms with Crippen LogP contribution in [0.3, 0.4) is 0 Å². The lowest BCUT2D eigenvalue weighted by Crippen LogP contribution is -2.49. The fourth-order valence-corrected chi connectivity index (χ4v) is 1.36. The van der Waals surface area contributed by atoms with Crippen molar-refractivity contribution in [3.8, 4) is 0 Å². The Kier molecular flexibility index (Phi) is 2.79. The van der Waals surface area contributed by atoms with Gasteiger partial charge in [0.05, 0.1) is 11.4 Å². The Balaban J connectivity index is 3.29. The van der Waals surface area contributed by atoms with Crippen molar-refractivity contribution in [2.45, 2.75) is 18.7 Å². The first-order chi connectivity index (χ1) is 6.72. The Labute approximate surface area is 84.5 Å². The predicted octanol–water partition coefficient (Wildman–Crippen LogP) is 0.437. The van der Waals surface area contributed by atoms with Crippen LogP contribution in [-0.2, 0) is 12.6 Å². The summed E-state index contributed by atoms with van der Waals surface area (Å²) in [5.41, 5.74) is 1.99. The molecule has 1 unspecified atom stereocenters. The molecule has 4 nitrogen and oxygen atoms in total. The SMILES string of the molecule is Cc1cc(C(O)(CN)C(F)(F)F)n(C)n1. The van der Waals surface area contributed by atoms with E-state index in [1.54, 1.807) is 0 Å². The highest BCUT2D eigenvalue weighted by Gasteiger charge is 2.55. The summed E-state index contributed by atoms with van der Waals surface area (Å²) in [6.45, 7) is 0.603. The van der Waals surface area contributed by atoms with Gasteiger partial charge in [-0.15, -0.1) is 0 Å². The Morgan fingerprint density at radius 3 is 2.33 bits per heavy atom. The molecule has 0 spiro atoms. The number of nitrogens with two attached hydrogens (primary N) is 1. The van der Waals surface area contributed by atoms with Gasteiger partial charge in [-0.05, 0) is 13.0 Å². The lowest BCUT2D eigenvalue weighted by molar-refractivity contribution is -0.264. The van der Waals surface area contributed by atoms with E-state index >= 15 is 0 Å². The minimum absolute atomic E-state index is 0.352. The summed E-state index contributed by atoms with van der Waals surface area (Å²) in [4.78, 5) is 0. The maximum absolute atomic E-state index is 12.6. The van der Waals surface area contributed by atoms with Gasteiger partial charge in [-0.25, -0.2) is 0 Å². The van der Waals surface area contributed by atoms with Crippen molar-refractivity contribution in [3.63, 3.8) is 0 Å². The van der Waals surface area contributed by atoms with E-state index in [1.165, 1.54) is 20.0 Å². The lowest BCUT2D eigenvalue weighted by atomic mass is 9.99. The first-order valence-corrected chi connectivity index (χ1v) is 4.22. The average molecular weight is 223 g/mol. The summed E-state index contributed by atoms with van der Waals surface area (Å²) < 4.78 is 38.8. The van der Waals surface area contributed by atoms with Crippen molar-refractivity contribution >= 4 is 0 Å². The van der Waals surface area contributed by atoms with E-state index in [9.17, 15) is 18.3 Å². The Hall–Kier alpha value is -1.08. The smallest absolute Gasteiger partial charge is 0.374 e. The fraction of sp³-hybridized carbons (Fsp3) is 0.625. The number of rotatable bonds is 2. The summed E-state index contributed by atoms with van der Waals surface area (Å²) in [6.07, 6.45) is -4.82. The van der Waals surface area contributed by atoms with Gasteiger partial charge in [0.15, 0.2) is 0 Å². The van der Waals surface area contributed by atoms with E-state index in [4.69, 9.17) is 5.73 Å². The Morgan fingerprint density at radius 2 is 2.07 bits per heavy atom. The zero-order chi connectivity index (χ0) is 11.9. The molecule has 7 heteroatoms. The molecule has 0 amide bonds. The first-order valence-electron chi connectivity index (χ1n) is 4.22. The summed E-state index contributed by atoms with van der Waals surface area (Å²) in [5, 5.41) is 13.3. The third-order valence-electron chi connectivity index (χ3n) is 2.19. The van der Waals surface area contributed by atoms with Crippen molar-refractivity contribution in [1.29, 1.82) is 0 Å². The van der Waals surface area contributed by atoms with Gasteiger partial charge in [-0.1, -0.05) is 0 Å². The van der Waals surface area contributed by atoms with Crippen LogP contribution >= 0.6 is 0 Å². The van der Waals surface area contributed by atoms with Gasteiger partial charge in [0.25, 0.3) is 0 Å². The maximum atomic E-state index is 12.6. The number of nitrogens with zero attached hydrogens (tertiary/aromatic N) is 2. The molecule has 0 aliphatic heterocycles. The summed E-state index contributed by atoms with van der Waals surface area (Å²) in [6, 6.07) is 1.17. The van der Waals surface area contributed by atoms with Crippen molar-refractivity contribution < 1.29 is 18.3 Å². The number of aliphatic hydroxyl groups is 1. The Bertz CT molecular complexity index is 361. The molecule has 15 heavy (non-hydrogen) atoms. The second-order valence-electron chi connectivity index (χ2n) is 3.36. The highest BCUT2D eigenvalue weighted by atomic mass is 19.4. The van der Waals surface area contributed by atoms with E-state index in [-0.39, 0.29) is 5.69 Å². The minimum atomic E-state index is -4.82. The summed E-state index contributed by atoms with van der Waals surface area (Å²) in [7, 11) is 1.33. The molecule has 1 aromatic heterocycles. The molecular weight excluding hydrogens is 211 g/mol. The highest BCUT2D eigenvalue weighted by molar-refractivity contribution is 5.19. The van der Waals surface area contributed by atoms with E-state index in [0.717, 1.165) is 4.68 Å². The molecule has 0 radical (unpaired) electrons. The Morgan fingerprint density at radius 1 is 1.53 bits per heavy atom. The van der Waals surface area contributed by atoms with Crippen molar-refractivity contribution in [1.82, 2.24) is 9.78 Å². The standard InChI is InChI=1S/C8H12F3N3O/c1-5-3-6(14(2)13-5)7(15,4-12)8(9,10)11/h3,15H,4,12H2,1-2H3. The summed E-state index contributed by atoms with van der Waals surface area (Å²) >= 11 is 0. The second-order valence-corrected chi connectivity index (χ2v) is 3.36. The van der Waals surface area contributed by atoms with E-state index in [0.29, 0.717) is 5.69 Å². The zero-order valence-corrected chi connectivity index (χ0v) is 8.34. The number of hydrogen-bond donors (Lipinski definition) is 2. The van der Waals surface area contributed by atoms with Crippen LogP contribution in [0.15, 0.2) is 6.07 Å². The molecular formula is C8H12F3N3O. The molecule has 0 aliphatic rings. The molecule has 0 saturated heterocycles. The normalized spacial score (nSPS) is 16.5. The largest absolute Gasteiger partial charge is 0.424 e. The third kappa shape index (κ3) is 1.84. The van der Waals surface area contributed by atoms with Gasteiger partial charge < -0.3 is 10.8 Å². The molecule has 86 valence electrons. The third-order valence-corrected chi connectivity index (χ3v) is 2.19. The number of aromatic nitrogens is 2. The fourth-order valence-electron chi connectivity index (χ4n) is 1.36. The minimum Gasteiger partial charge on any atom is -0.374 e. The number of alkyl halides is 3. The second kappa shape index (κ2) is 3.49. The number of aryl methyl sites for hydroxylation is 2. The predicted molar refractivity (Wildman–Crippen MR) is 47.0 cm³/mol. The van der Waals surface area contributed by atoms with Crippen LogP contribution in [0.25, 0.3) is 0 Å². The highest BCUT2D eigenvalue weighted by Crippen LogP contribution is 2.37. The van der Waals surface area contributed by atoms with Crippen LogP contribution < -0.4 is 5.73 Å². The molecule has 1 rings (SSSR count). The maximum Gasteiger partial charge on any atom is 0.424 e. The quantitative estimate of drug-likeness (QED) is 0.764.